The van der Waals surface area contributed by atoms with Gasteiger partial charge >= 0.3 is 0 Å². The van der Waals surface area contributed by atoms with Crippen LogP contribution >= 0.6 is 15.9 Å². The van der Waals surface area contributed by atoms with Crippen molar-refractivity contribution in [3.8, 4) is 0 Å². The Labute approximate surface area is 120 Å². The summed E-state index contributed by atoms with van der Waals surface area (Å²) >= 11 is 3.52. The molecule has 1 atom stereocenters. The molecule has 6 nitrogen and oxygen atoms in total. The number of nitrogens with zero attached hydrogens (tertiary/aromatic N) is 4. The van der Waals surface area contributed by atoms with Crippen LogP contribution in [0.25, 0.3) is 0 Å². The molecule has 0 saturated heterocycles. The lowest BCUT2D eigenvalue weighted by molar-refractivity contribution is 0.559. The molecule has 2 aromatic heterocycles. The molecule has 2 rings (SSSR count). The Hall–Kier alpha value is -1.63. The van der Waals surface area contributed by atoms with Gasteiger partial charge in [-0.05, 0) is 35.8 Å². The Morgan fingerprint density at radius 2 is 2.16 bits per heavy atom. The molecular formula is C12H17BrN6. The molecule has 0 saturated carbocycles. The first-order chi connectivity index (χ1) is 9.20. The second kappa shape index (κ2) is 6.51. The molecular weight excluding hydrogens is 308 g/mol. The van der Waals surface area contributed by atoms with Gasteiger partial charge in [0.15, 0.2) is 0 Å². The predicted molar refractivity (Wildman–Crippen MR) is 79.2 cm³/mol. The van der Waals surface area contributed by atoms with Crippen LogP contribution in [-0.2, 0) is 6.54 Å². The molecule has 0 spiro atoms. The lowest BCUT2D eigenvalue weighted by atomic mass is 10.3. The van der Waals surface area contributed by atoms with Crippen LogP contribution in [0.15, 0.2) is 29.3 Å². The molecule has 0 radical (unpaired) electrons. The first-order valence-electron chi connectivity index (χ1n) is 6.19. The third-order valence-corrected chi connectivity index (χ3v) is 3.29. The zero-order valence-electron chi connectivity index (χ0n) is 11.0. The van der Waals surface area contributed by atoms with Crippen LogP contribution in [0.3, 0.4) is 0 Å². The van der Waals surface area contributed by atoms with Crippen molar-refractivity contribution in [2.24, 2.45) is 0 Å². The maximum Gasteiger partial charge on any atom is 0.146 e. The molecule has 0 bridgehead atoms. The lowest BCUT2D eigenvalue weighted by Gasteiger charge is -2.16. The predicted octanol–water partition coefficient (Wildman–Crippen LogP) is 2.37. The fourth-order valence-electron chi connectivity index (χ4n) is 1.73. The number of halogens is 1. The summed E-state index contributed by atoms with van der Waals surface area (Å²) < 4.78 is 2.74. The average Bonchev–Trinajstić information content (AvgIpc) is 2.87. The van der Waals surface area contributed by atoms with Gasteiger partial charge in [0.2, 0.25) is 0 Å². The van der Waals surface area contributed by atoms with E-state index in [2.05, 4.69) is 48.6 Å². The van der Waals surface area contributed by atoms with Crippen LogP contribution < -0.4 is 10.6 Å². The highest BCUT2D eigenvalue weighted by molar-refractivity contribution is 9.10. The Morgan fingerprint density at radius 1 is 1.37 bits per heavy atom. The van der Waals surface area contributed by atoms with Gasteiger partial charge in [-0.25, -0.2) is 9.97 Å². The summed E-state index contributed by atoms with van der Waals surface area (Å²) in [6, 6.07) is 2.12. The van der Waals surface area contributed by atoms with E-state index in [4.69, 9.17) is 0 Å². The minimum absolute atomic E-state index is 0.209. The van der Waals surface area contributed by atoms with Crippen molar-refractivity contribution in [1.29, 1.82) is 0 Å². The van der Waals surface area contributed by atoms with E-state index < -0.39 is 0 Å². The average molecular weight is 325 g/mol. The lowest BCUT2D eigenvalue weighted by Crippen LogP contribution is -2.23. The SMILES string of the molecule is CCNc1ncnc(NC(C)Cn2cccn2)c1Br. The molecule has 2 aromatic rings. The van der Waals surface area contributed by atoms with Crippen LogP contribution in [0.5, 0.6) is 0 Å². The minimum Gasteiger partial charge on any atom is -0.369 e. The van der Waals surface area contributed by atoms with Gasteiger partial charge in [-0.2, -0.15) is 5.10 Å². The standard InChI is InChI=1S/C12H17BrN6/c1-3-14-11-10(13)12(16-8-15-11)18-9(2)7-19-6-4-5-17-19/h4-6,8-9H,3,7H2,1-2H3,(H2,14,15,16,18). The fraction of sp³-hybridized carbons (Fsp3) is 0.417. The molecule has 0 aromatic carbocycles. The molecule has 102 valence electrons. The van der Waals surface area contributed by atoms with Crippen molar-refractivity contribution in [2.75, 3.05) is 17.2 Å². The summed E-state index contributed by atoms with van der Waals surface area (Å²) in [5.74, 6) is 1.58. The van der Waals surface area contributed by atoms with Crippen molar-refractivity contribution in [2.45, 2.75) is 26.4 Å². The van der Waals surface area contributed by atoms with E-state index in [0.717, 1.165) is 29.2 Å². The highest BCUT2D eigenvalue weighted by atomic mass is 79.9. The third kappa shape index (κ3) is 3.66. The molecule has 0 aliphatic rings. The maximum atomic E-state index is 4.25. The van der Waals surface area contributed by atoms with Gasteiger partial charge in [-0.15, -0.1) is 0 Å². The Morgan fingerprint density at radius 3 is 2.84 bits per heavy atom. The fourth-order valence-corrected chi connectivity index (χ4v) is 2.19. The normalized spacial score (nSPS) is 12.2. The van der Waals surface area contributed by atoms with Crippen molar-refractivity contribution in [1.82, 2.24) is 19.7 Å². The summed E-state index contributed by atoms with van der Waals surface area (Å²) in [5, 5.41) is 10.7. The first kappa shape index (κ1) is 13.8. The van der Waals surface area contributed by atoms with Gasteiger partial charge in [-0.3, -0.25) is 4.68 Å². The minimum atomic E-state index is 0.209. The molecule has 2 heterocycles. The summed E-state index contributed by atoms with van der Waals surface area (Å²) in [6.07, 6.45) is 5.26. The maximum absolute atomic E-state index is 4.25. The monoisotopic (exact) mass is 324 g/mol. The first-order valence-corrected chi connectivity index (χ1v) is 6.98. The molecule has 7 heteroatoms. The van der Waals surface area contributed by atoms with E-state index in [9.17, 15) is 0 Å². The summed E-state index contributed by atoms with van der Waals surface area (Å²) in [7, 11) is 0. The van der Waals surface area contributed by atoms with E-state index in [1.165, 1.54) is 0 Å². The molecule has 1 unspecified atom stereocenters. The van der Waals surface area contributed by atoms with Crippen LogP contribution in [0, 0.1) is 0 Å². The largest absolute Gasteiger partial charge is 0.369 e. The van der Waals surface area contributed by atoms with Crippen LogP contribution in [0.4, 0.5) is 11.6 Å². The number of hydrogen-bond donors (Lipinski definition) is 2. The number of rotatable bonds is 6. The molecule has 0 aliphatic heterocycles. The zero-order valence-corrected chi connectivity index (χ0v) is 12.6. The van der Waals surface area contributed by atoms with Gasteiger partial charge < -0.3 is 10.6 Å². The second-order valence-corrected chi connectivity index (χ2v) is 4.98. The van der Waals surface area contributed by atoms with Crippen molar-refractivity contribution < 1.29 is 0 Å². The zero-order chi connectivity index (χ0) is 13.7. The Bertz CT molecular complexity index is 513. The molecule has 0 fully saturated rings. The van der Waals surface area contributed by atoms with Crippen LogP contribution in [-0.4, -0.2) is 32.3 Å². The van der Waals surface area contributed by atoms with Gasteiger partial charge in [0.25, 0.3) is 0 Å². The second-order valence-electron chi connectivity index (χ2n) is 4.19. The Kier molecular flexibility index (Phi) is 4.73. The highest BCUT2D eigenvalue weighted by Crippen LogP contribution is 2.26. The topological polar surface area (TPSA) is 67.7 Å². The summed E-state index contributed by atoms with van der Waals surface area (Å²) in [6.45, 7) is 5.71. The molecule has 0 amide bonds. The van der Waals surface area contributed by atoms with E-state index in [-0.39, 0.29) is 6.04 Å². The van der Waals surface area contributed by atoms with E-state index in [1.54, 1.807) is 12.5 Å². The highest BCUT2D eigenvalue weighted by Gasteiger charge is 2.11. The van der Waals surface area contributed by atoms with E-state index in [0.29, 0.717) is 0 Å². The van der Waals surface area contributed by atoms with Gasteiger partial charge in [0.1, 0.15) is 22.4 Å². The third-order valence-electron chi connectivity index (χ3n) is 2.54. The van der Waals surface area contributed by atoms with Gasteiger partial charge in [0.05, 0.1) is 6.54 Å². The smallest absolute Gasteiger partial charge is 0.146 e. The van der Waals surface area contributed by atoms with Gasteiger partial charge in [-0.1, -0.05) is 0 Å². The summed E-state index contributed by atoms with van der Waals surface area (Å²) in [4.78, 5) is 8.44. The summed E-state index contributed by atoms with van der Waals surface area (Å²) in [5.41, 5.74) is 0. The number of anilines is 2. The number of hydrogen-bond acceptors (Lipinski definition) is 5. The Balaban J connectivity index is 2.04. The van der Waals surface area contributed by atoms with Crippen molar-refractivity contribution in [3.63, 3.8) is 0 Å². The number of aromatic nitrogens is 4. The van der Waals surface area contributed by atoms with Gasteiger partial charge in [0, 0.05) is 25.0 Å². The molecule has 19 heavy (non-hydrogen) atoms. The van der Waals surface area contributed by atoms with Crippen LogP contribution in [0.1, 0.15) is 13.8 Å². The molecule has 2 N–H and O–H groups in total. The number of nitrogens with one attached hydrogen (secondary N) is 2. The molecule has 0 aliphatic carbocycles. The van der Waals surface area contributed by atoms with E-state index >= 15 is 0 Å². The van der Waals surface area contributed by atoms with Crippen molar-refractivity contribution >= 4 is 27.6 Å². The van der Waals surface area contributed by atoms with Crippen molar-refractivity contribution in [3.05, 3.63) is 29.3 Å². The van der Waals surface area contributed by atoms with E-state index in [1.807, 2.05) is 23.9 Å². The van der Waals surface area contributed by atoms with Crippen LogP contribution in [0.2, 0.25) is 0 Å². The quantitative estimate of drug-likeness (QED) is 0.853.